The van der Waals surface area contributed by atoms with Gasteiger partial charge in [-0.2, -0.15) is 0 Å². The van der Waals surface area contributed by atoms with E-state index < -0.39 is 0 Å². The van der Waals surface area contributed by atoms with Crippen LogP contribution in [0.5, 0.6) is 0 Å². The van der Waals surface area contributed by atoms with E-state index in [0.29, 0.717) is 0 Å². The molecule has 6 aromatic carbocycles. The second kappa shape index (κ2) is 10.9. The van der Waals surface area contributed by atoms with E-state index in [1.165, 1.54) is 88.7 Å². The number of allylic oxidation sites excluding steroid dienone is 4. The molecule has 0 atom stereocenters. The van der Waals surface area contributed by atoms with Crippen LogP contribution < -0.4 is 10.6 Å². The van der Waals surface area contributed by atoms with Crippen molar-refractivity contribution in [2.45, 2.75) is 0 Å². The molecule has 0 fully saturated rings. The Balaban J connectivity index is 1.19. The highest BCUT2D eigenvalue weighted by atomic mass is 14.8. The summed E-state index contributed by atoms with van der Waals surface area (Å²) in [5, 5.41) is 9.15. The highest BCUT2D eigenvalue weighted by Gasteiger charge is 2.22. The van der Waals surface area contributed by atoms with Crippen LogP contribution in [0.15, 0.2) is 158 Å². The third kappa shape index (κ3) is 4.50. The Kier molecular flexibility index (Phi) is 6.31. The lowest BCUT2D eigenvalue weighted by molar-refractivity contribution is 0.976. The van der Waals surface area contributed by atoms with Crippen LogP contribution in [0.4, 0.5) is 0 Å². The highest BCUT2D eigenvalue weighted by molar-refractivity contribution is 6.18. The summed E-state index contributed by atoms with van der Waals surface area (Å²) in [5.41, 5.74) is 17.7. The normalized spacial score (nSPS) is 14.3. The summed E-state index contributed by atoms with van der Waals surface area (Å²) in [7, 11) is 0. The van der Waals surface area contributed by atoms with Gasteiger partial charge in [-0.1, -0.05) is 115 Å². The number of hydrogen-bond acceptors (Lipinski definition) is 2. The number of hydrogen-bond donors (Lipinski definition) is 2. The molecule has 2 nitrogen and oxygen atoms in total. The van der Waals surface area contributed by atoms with E-state index in [-0.39, 0.29) is 0 Å². The Bertz CT molecular complexity index is 2160. The second-order valence-corrected chi connectivity index (χ2v) is 12.2. The van der Waals surface area contributed by atoms with Gasteiger partial charge in [0.25, 0.3) is 0 Å². The van der Waals surface area contributed by atoms with E-state index >= 15 is 0 Å². The zero-order valence-electron chi connectivity index (χ0n) is 25.4. The molecule has 2 heteroatoms. The monoisotopic (exact) mass is 588 g/mol. The third-order valence-corrected chi connectivity index (χ3v) is 9.54. The molecule has 0 bridgehead atoms. The predicted octanol–water partition coefficient (Wildman–Crippen LogP) is 10.5. The van der Waals surface area contributed by atoms with Crippen molar-refractivity contribution in [2.24, 2.45) is 0 Å². The molecular formula is C44H32N2. The smallest absolute Gasteiger partial charge is 0.0334 e. The minimum absolute atomic E-state index is 0.863. The topological polar surface area (TPSA) is 24.1 Å². The van der Waals surface area contributed by atoms with Crippen LogP contribution in [-0.4, -0.2) is 13.1 Å². The van der Waals surface area contributed by atoms with Crippen molar-refractivity contribution in [1.29, 1.82) is 0 Å². The number of fused-ring (bicyclic) bond motifs is 3. The molecule has 46 heavy (non-hydrogen) atoms. The second-order valence-electron chi connectivity index (χ2n) is 12.2. The largest absolute Gasteiger partial charge is 0.387 e. The van der Waals surface area contributed by atoms with Gasteiger partial charge in [0, 0.05) is 13.1 Å². The summed E-state index contributed by atoms with van der Waals surface area (Å²) in [5.74, 6) is 0. The minimum Gasteiger partial charge on any atom is -0.387 e. The summed E-state index contributed by atoms with van der Waals surface area (Å²) in [6.45, 7) is 1.73. The van der Waals surface area contributed by atoms with Crippen molar-refractivity contribution in [1.82, 2.24) is 10.6 Å². The van der Waals surface area contributed by atoms with E-state index in [4.69, 9.17) is 0 Å². The molecule has 1 aliphatic carbocycles. The predicted molar refractivity (Wildman–Crippen MR) is 195 cm³/mol. The van der Waals surface area contributed by atoms with E-state index in [0.717, 1.165) is 13.1 Å². The summed E-state index contributed by atoms with van der Waals surface area (Å²) < 4.78 is 0. The highest BCUT2D eigenvalue weighted by Crippen LogP contribution is 2.49. The fraction of sp³-hybridized carbons (Fsp3) is 0.0455. The first-order valence-electron chi connectivity index (χ1n) is 16.0. The molecule has 0 aromatic heterocycles. The SMILES string of the molecule is C1=CC(c2ccc(-c3cc(-c4ccc(C5=CCNC=C5)cc4)cc(-c4ccc5c6c(cccc46)-c4ccccc4-5)c3)cc2)=CCN1. The first-order valence-corrected chi connectivity index (χ1v) is 16.0. The molecule has 0 spiro atoms. The number of nitrogens with one attached hydrogen (secondary N) is 2. The lowest BCUT2D eigenvalue weighted by atomic mass is 9.89. The molecule has 0 amide bonds. The van der Waals surface area contributed by atoms with Gasteiger partial charge in [0.1, 0.15) is 0 Å². The number of rotatable bonds is 5. The van der Waals surface area contributed by atoms with Gasteiger partial charge in [0.05, 0.1) is 0 Å². The van der Waals surface area contributed by atoms with Crippen molar-refractivity contribution < 1.29 is 0 Å². The summed E-state index contributed by atoms with van der Waals surface area (Å²) in [4.78, 5) is 0. The van der Waals surface area contributed by atoms with Crippen molar-refractivity contribution in [2.75, 3.05) is 13.1 Å². The Morgan fingerprint density at radius 2 is 0.848 bits per heavy atom. The summed E-state index contributed by atoms with van der Waals surface area (Å²) >= 11 is 0. The lowest BCUT2D eigenvalue weighted by Gasteiger charge is -2.15. The number of dihydropyridines is 2. The maximum absolute atomic E-state index is 3.25. The van der Waals surface area contributed by atoms with E-state index in [1.807, 2.05) is 12.4 Å². The average Bonchev–Trinajstić information content (AvgIpc) is 3.47. The van der Waals surface area contributed by atoms with E-state index in [1.54, 1.807) is 0 Å². The fourth-order valence-corrected chi connectivity index (χ4v) is 7.22. The first-order chi connectivity index (χ1) is 22.8. The molecule has 0 saturated carbocycles. The molecule has 0 saturated heterocycles. The molecule has 3 aliphatic rings. The molecular weight excluding hydrogens is 556 g/mol. The van der Waals surface area contributed by atoms with Crippen molar-refractivity contribution in [3.8, 4) is 55.6 Å². The van der Waals surface area contributed by atoms with Crippen molar-refractivity contribution >= 4 is 21.9 Å². The standard InChI is InChI=1S/C44H32N2/c1-2-5-40-39(4-1)42-7-3-6-41-38(16-17-43(40)44(41)42)37-27-35(31-12-8-29(9-13-31)33-18-22-45-23-19-33)26-36(28-37)32-14-10-30(11-15-32)34-20-24-46-25-21-34/h1-22,24,26-28,45-46H,23,25H2. The van der Waals surface area contributed by atoms with Gasteiger partial charge >= 0.3 is 0 Å². The van der Waals surface area contributed by atoms with Crippen LogP contribution in [0, 0.1) is 0 Å². The van der Waals surface area contributed by atoms with Crippen LogP contribution in [-0.2, 0) is 0 Å². The van der Waals surface area contributed by atoms with Crippen LogP contribution in [0.3, 0.4) is 0 Å². The first kappa shape index (κ1) is 26.5. The molecule has 2 aliphatic heterocycles. The van der Waals surface area contributed by atoms with E-state index in [9.17, 15) is 0 Å². The zero-order valence-corrected chi connectivity index (χ0v) is 25.4. The Morgan fingerprint density at radius 3 is 1.39 bits per heavy atom. The molecule has 218 valence electrons. The van der Waals surface area contributed by atoms with Crippen LogP contribution in [0.2, 0.25) is 0 Å². The van der Waals surface area contributed by atoms with Crippen molar-refractivity contribution in [3.63, 3.8) is 0 Å². The Hall–Kier alpha value is -5.86. The van der Waals surface area contributed by atoms with Gasteiger partial charge in [0.15, 0.2) is 0 Å². The summed E-state index contributed by atoms with van der Waals surface area (Å²) in [6.07, 6.45) is 12.8. The zero-order chi connectivity index (χ0) is 30.5. The maximum atomic E-state index is 3.25. The Morgan fingerprint density at radius 1 is 0.370 bits per heavy atom. The van der Waals surface area contributed by atoms with Gasteiger partial charge in [-0.05, 0) is 131 Å². The minimum atomic E-state index is 0.863. The van der Waals surface area contributed by atoms with Crippen molar-refractivity contribution in [3.05, 3.63) is 169 Å². The molecule has 0 unspecified atom stereocenters. The summed E-state index contributed by atoms with van der Waals surface area (Å²) in [6, 6.07) is 45.3. The molecule has 0 radical (unpaired) electrons. The maximum Gasteiger partial charge on any atom is 0.0334 e. The third-order valence-electron chi connectivity index (χ3n) is 9.54. The van der Waals surface area contributed by atoms with Gasteiger partial charge in [-0.15, -0.1) is 0 Å². The fourth-order valence-electron chi connectivity index (χ4n) is 7.22. The van der Waals surface area contributed by atoms with Gasteiger partial charge < -0.3 is 10.6 Å². The molecule has 2 heterocycles. The van der Waals surface area contributed by atoms with Crippen LogP contribution >= 0.6 is 0 Å². The average molecular weight is 589 g/mol. The van der Waals surface area contributed by atoms with Gasteiger partial charge in [0.2, 0.25) is 0 Å². The molecule has 9 rings (SSSR count). The number of benzene rings is 6. The van der Waals surface area contributed by atoms with Gasteiger partial charge in [-0.25, -0.2) is 0 Å². The van der Waals surface area contributed by atoms with E-state index in [2.05, 4.69) is 156 Å². The lowest BCUT2D eigenvalue weighted by Crippen LogP contribution is -2.08. The van der Waals surface area contributed by atoms with Crippen LogP contribution in [0.25, 0.3) is 77.6 Å². The Labute approximate surface area is 269 Å². The molecule has 6 aromatic rings. The molecule has 2 N–H and O–H groups in total. The van der Waals surface area contributed by atoms with Crippen LogP contribution in [0.1, 0.15) is 11.1 Å². The van der Waals surface area contributed by atoms with Gasteiger partial charge in [-0.3, -0.25) is 0 Å². The quantitative estimate of drug-likeness (QED) is 0.209.